The van der Waals surface area contributed by atoms with E-state index >= 15 is 0 Å². The van der Waals surface area contributed by atoms with Crippen LogP contribution in [-0.2, 0) is 6.54 Å². The molecule has 104 valence electrons. The number of nitrogens with zero attached hydrogens (tertiary/aromatic N) is 1. The van der Waals surface area contributed by atoms with Crippen LogP contribution in [0.15, 0.2) is 18.2 Å². The van der Waals surface area contributed by atoms with Gasteiger partial charge in [0.1, 0.15) is 5.82 Å². The van der Waals surface area contributed by atoms with Crippen molar-refractivity contribution in [3.8, 4) is 0 Å². The third kappa shape index (κ3) is 3.06. The summed E-state index contributed by atoms with van der Waals surface area (Å²) in [5.74, 6) is 2.22. The minimum absolute atomic E-state index is 0.0884. The summed E-state index contributed by atoms with van der Waals surface area (Å²) in [5.41, 5.74) is 1.88. The minimum atomic E-state index is -0.0884. The maximum absolute atomic E-state index is 14.2. The van der Waals surface area contributed by atoms with E-state index in [-0.39, 0.29) is 5.82 Å². The van der Waals surface area contributed by atoms with Crippen LogP contribution in [0.25, 0.3) is 0 Å². The third-order valence-electron chi connectivity index (χ3n) is 4.03. The molecule has 0 amide bonds. The summed E-state index contributed by atoms with van der Waals surface area (Å²) < 4.78 is 14.2. The molecule has 3 rings (SSSR count). The highest BCUT2D eigenvalue weighted by atomic mass is 32.2. The number of rotatable bonds is 5. The highest BCUT2D eigenvalue weighted by molar-refractivity contribution is 7.99. The van der Waals surface area contributed by atoms with Crippen LogP contribution in [0.3, 0.4) is 0 Å². The molecule has 2 nitrogen and oxygen atoms in total. The molecule has 1 aliphatic carbocycles. The minimum Gasteiger partial charge on any atom is -0.368 e. The first kappa shape index (κ1) is 13.3. The van der Waals surface area contributed by atoms with Crippen molar-refractivity contribution in [1.82, 2.24) is 5.32 Å². The van der Waals surface area contributed by atoms with Crippen molar-refractivity contribution >= 4 is 17.4 Å². The van der Waals surface area contributed by atoms with Crippen molar-refractivity contribution in [2.24, 2.45) is 0 Å². The maximum atomic E-state index is 14.2. The summed E-state index contributed by atoms with van der Waals surface area (Å²) in [6.45, 7) is 0.780. The van der Waals surface area contributed by atoms with Gasteiger partial charge in [-0.1, -0.05) is 12.1 Å². The molecule has 19 heavy (non-hydrogen) atoms. The lowest BCUT2D eigenvalue weighted by atomic mass is 10.1. The standard InChI is InChI=1S/C15H21FN2S/c1-18(13-7-8-19-10-13)15-11(3-2-4-14(15)16)9-17-12-5-6-12/h2-4,12-13,17H,5-10H2,1H3. The molecule has 0 spiro atoms. The highest BCUT2D eigenvalue weighted by Gasteiger charge is 2.25. The topological polar surface area (TPSA) is 15.3 Å². The first-order valence-corrected chi connectivity index (χ1v) is 8.22. The average Bonchev–Trinajstić information content (AvgIpc) is 3.07. The summed E-state index contributed by atoms with van der Waals surface area (Å²) in [7, 11) is 2.04. The van der Waals surface area contributed by atoms with Crippen LogP contribution in [0.4, 0.5) is 10.1 Å². The van der Waals surface area contributed by atoms with Crippen LogP contribution in [0, 0.1) is 5.82 Å². The quantitative estimate of drug-likeness (QED) is 0.892. The monoisotopic (exact) mass is 280 g/mol. The molecule has 0 radical (unpaired) electrons. The molecule has 0 bridgehead atoms. The molecule has 2 fully saturated rings. The molecule has 1 heterocycles. The number of hydrogen-bond donors (Lipinski definition) is 1. The molecule has 1 aliphatic heterocycles. The number of anilines is 1. The zero-order chi connectivity index (χ0) is 13.2. The van der Waals surface area contributed by atoms with Gasteiger partial charge in [-0.15, -0.1) is 0 Å². The predicted octanol–water partition coefficient (Wildman–Crippen LogP) is 3.02. The zero-order valence-corrected chi connectivity index (χ0v) is 12.2. The van der Waals surface area contributed by atoms with E-state index < -0.39 is 0 Å². The number of nitrogens with one attached hydrogen (secondary N) is 1. The Morgan fingerprint density at radius 2 is 2.21 bits per heavy atom. The third-order valence-corrected chi connectivity index (χ3v) is 5.18. The van der Waals surface area contributed by atoms with E-state index in [1.54, 1.807) is 6.07 Å². The molecular formula is C15H21FN2S. The van der Waals surface area contributed by atoms with Gasteiger partial charge < -0.3 is 10.2 Å². The zero-order valence-electron chi connectivity index (χ0n) is 11.4. The lowest BCUT2D eigenvalue weighted by molar-refractivity contribution is 0.598. The second kappa shape index (κ2) is 5.71. The van der Waals surface area contributed by atoms with E-state index in [0.717, 1.165) is 30.0 Å². The van der Waals surface area contributed by atoms with Gasteiger partial charge in [-0.2, -0.15) is 11.8 Å². The smallest absolute Gasteiger partial charge is 0.146 e. The van der Waals surface area contributed by atoms with Gasteiger partial charge in [-0.05, 0) is 36.6 Å². The fourth-order valence-electron chi connectivity index (χ4n) is 2.65. The molecule has 1 aromatic rings. The van der Waals surface area contributed by atoms with Crippen molar-refractivity contribution < 1.29 is 4.39 Å². The maximum Gasteiger partial charge on any atom is 0.146 e. The molecule has 1 saturated carbocycles. The number of para-hydroxylation sites is 1. The van der Waals surface area contributed by atoms with Crippen molar-refractivity contribution in [2.75, 3.05) is 23.5 Å². The van der Waals surface area contributed by atoms with Crippen LogP contribution in [-0.4, -0.2) is 30.6 Å². The molecule has 1 aromatic carbocycles. The Morgan fingerprint density at radius 1 is 1.37 bits per heavy atom. The van der Waals surface area contributed by atoms with Gasteiger partial charge in [0.25, 0.3) is 0 Å². The second-order valence-corrected chi connectivity index (χ2v) is 6.68. The van der Waals surface area contributed by atoms with Crippen LogP contribution in [0.2, 0.25) is 0 Å². The summed E-state index contributed by atoms with van der Waals surface area (Å²) in [4.78, 5) is 2.15. The Morgan fingerprint density at radius 3 is 2.89 bits per heavy atom. The van der Waals surface area contributed by atoms with Crippen LogP contribution < -0.4 is 10.2 Å². The summed E-state index contributed by atoms with van der Waals surface area (Å²) in [6.07, 6.45) is 3.69. The van der Waals surface area contributed by atoms with E-state index in [0.29, 0.717) is 12.1 Å². The molecule has 1 saturated heterocycles. The first-order chi connectivity index (χ1) is 9.25. The van der Waals surface area contributed by atoms with Gasteiger partial charge in [-0.3, -0.25) is 0 Å². The van der Waals surface area contributed by atoms with E-state index in [4.69, 9.17) is 0 Å². The molecule has 0 aromatic heterocycles. The van der Waals surface area contributed by atoms with Crippen LogP contribution in [0.1, 0.15) is 24.8 Å². The van der Waals surface area contributed by atoms with Crippen molar-refractivity contribution in [2.45, 2.75) is 37.9 Å². The molecule has 1 unspecified atom stereocenters. The van der Waals surface area contributed by atoms with Crippen molar-refractivity contribution in [1.29, 1.82) is 0 Å². The first-order valence-electron chi connectivity index (χ1n) is 7.07. The lowest BCUT2D eigenvalue weighted by Gasteiger charge is -2.28. The Hall–Kier alpha value is -0.740. The highest BCUT2D eigenvalue weighted by Crippen LogP contribution is 2.31. The summed E-state index contributed by atoms with van der Waals surface area (Å²) in [5, 5.41) is 3.49. The van der Waals surface area contributed by atoms with Crippen LogP contribution in [0.5, 0.6) is 0 Å². The van der Waals surface area contributed by atoms with Gasteiger partial charge >= 0.3 is 0 Å². The van der Waals surface area contributed by atoms with Gasteiger partial charge in [0.2, 0.25) is 0 Å². The van der Waals surface area contributed by atoms with E-state index in [9.17, 15) is 4.39 Å². The second-order valence-electron chi connectivity index (χ2n) is 5.53. The number of halogens is 1. The fourth-order valence-corrected chi connectivity index (χ4v) is 3.92. The molecular weight excluding hydrogens is 259 g/mol. The van der Waals surface area contributed by atoms with E-state index in [2.05, 4.69) is 10.2 Å². The normalized spacial score (nSPS) is 22.7. The predicted molar refractivity (Wildman–Crippen MR) is 80.4 cm³/mol. The molecule has 1 atom stereocenters. The Bertz CT molecular complexity index is 442. The van der Waals surface area contributed by atoms with Crippen LogP contribution >= 0.6 is 11.8 Å². The average molecular weight is 280 g/mol. The number of hydrogen-bond acceptors (Lipinski definition) is 3. The van der Waals surface area contributed by atoms with Gasteiger partial charge in [0, 0.05) is 31.4 Å². The van der Waals surface area contributed by atoms with Crippen molar-refractivity contribution in [3.05, 3.63) is 29.6 Å². The molecule has 4 heteroatoms. The number of thioether (sulfide) groups is 1. The Labute approximate surface area is 118 Å². The SMILES string of the molecule is CN(c1c(F)cccc1CNC1CC1)C1CCSC1. The lowest BCUT2D eigenvalue weighted by Crippen LogP contribution is -2.33. The number of benzene rings is 1. The van der Waals surface area contributed by atoms with Gasteiger partial charge in [-0.25, -0.2) is 4.39 Å². The van der Waals surface area contributed by atoms with Gasteiger partial charge in [0.15, 0.2) is 0 Å². The summed E-state index contributed by atoms with van der Waals surface area (Å²) >= 11 is 1.97. The molecule has 1 N–H and O–H groups in total. The van der Waals surface area contributed by atoms with E-state index in [1.807, 2.05) is 30.9 Å². The van der Waals surface area contributed by atoms with E-state index in [1.165, 1.54) is 18.6 Å². The van der Waals surface area contributed by atoms with Crippen molar-refractivity contribution in [3.63, 3.8) is 0 Å². The largest absolute Gasteiger partial charge is 0.368 e. The molecule has 2 aliphatic rings. The fraction of sp³-hybridized carbons (Fsp3) is 0.600. The Balaban J connectivity index is 1.79. The van der Waals surface area contributed by atoms with Gasteiger partial charge in [0.05, 0.1) is 5.69 Å². The summed E-state index contributed by atoms with van der Waals surface area (Å²) in [6, 6.07) is 6.58. The Kier molecular flexibility index (Phi) is 3.99.